The third kappa shape index (κ3) is 1.84. The fraction of sp³-hybridized carbons (Fsp3) is 0.0714. The van der Waals surface area contributed by atoms with Crippen molar-refractivity contribution in [2.75, 3.05) is 0 Å². The van der Waals surface area contributed by atoms with Gasteiger partial charge in [0.05, 0.1) is 11.0 Å². The Bertz CT molecular complexity index is 671. The number of imidazole rings is 1. The fourth-order valence-electron chi connectivity index (χ4n) is 2.07. The van der Waals surface area contributed by atoms with Crippen LogP contribution in [0.2, 0.25) is 0 Å². The van der Waals surface area contributed by atoms with Gasteiger partial charge in [0, 0.05) is 9.26 Å². The normalized spacial score (nSPS) is 10.9. The molecule has 0 aliphatic carbocycles. The summed E-state index contributed by atoms with van der Waals surface area (Å²) in [4.78, 5) is 4.59. The van der Waals surface area contributed by atoms with Gasteiger partial charge in [-0.05, 0) is 59.8 Å². The lowest BCUT2D eigenvalue weighted by atomic mass is 10.3. The number of nitrogens with zero attached hydrogens (tertiary/aromatic N) is 2. The van der Waals surface area contributed by atoms with Crippen molar-refractivity contribution in [2.24, 2.45) is 0 Å². The summed E-state index contributed by atoms with van der Waals surface area (Å²) < 4.78 is 3.42. The number of aromatic nitrogens is 2. The first-order chi connectivity index (χ1) is 8.25. The minimum Gasteiger partial charge on any atom is -0.296 e. The van der Waals surface area contributed by atoms with E-state index in [9.17, 15) is 0 Å². The Morgan fingerprint density at radius 1 is 1.06 bits per heavy atom. The summed E-state index contributed by atoms with van der Waals surface area (Å²) in [6.07, 6.45) is 0. The van der Waals surface area contributed by atoms with Gasteiger partial charge in [-0.25, -0.2) is 4.98 Å². The zero-order valence-corrected chi connectivity index (χ0v) is 11.5. The first-order valence-corrected chi connectivity index (χ1v) is 6.53. The molecule has 0 saturated heterocycles. The smallest absolute Gasteiger partial charge is 0.111 e. The van der Waals surface area contributed by atoms with Crippen molar-refractivity contribution in [1.29, 1.82) is 0 Å². The van der Waals surface area contributed by atoms with Gasteiger partial charge in [0.25, 0.3) is 0 Å². The molecule has 1 aromatic heterocycles. The maximum Gasteiger partial charge on any atom is 0.111 e. The molecule has 2 nitrogen and oxygen atoms in total. The largest absolute Gasteiger partial charge is 0.296 e. The summed E-state index contributed by atoms with van der Waals surface area (Å²) in [5.74, 6) is 1.02. The Morgan fingerprint density at radius 3 is 2.59 bits per heavy atom. The van der Waals surface area contributed by atoms with Crippen molar-refractivity contribution in [3.8, 4) is 5.69 Å². The lowest BCUT2D eigenvalue weighted by molar-refractivity contribution is 1.00. The second kappa shape index (κ2) is 4.14. The Balaban J connectivity index is 2.35. The highest BCUT2D eigenvalue weighted by molar-refractivity contribution is 14.1. The second-order valence-electron chi connectivity index (χ2n) is 3.96. The number of aryl methyl sites for hydroxylation is 1. The van der Waals surface area contributed by atoms with Gasteiger partial charge in [-0.1, -0.05) is 18.2 Å². The summed E-state index contributed by atoms with van der Waals surface area (Å²) in [6.45, 7) is 2.04. The molecule has 0 saturated carbocycles. The van der Waals surface area contributed by atoms with Gasteiger partial charge in [0.1, 0.15) is 5.82 Å². The number of hydrogen-bond acceptors (Lipinski definition) is 1. The topological polar surface area (TPSA) is 17.8 Å². The van der Waals surface area contributed by atoms with Gasteiger partial charge >= 0.3 is 0 Å². The predicted octanol–water partition coefficient (Wildman–Crippen LogP) is 3.94. The van der Waals surface area contributed by atoms with E-state index in [1.165, 1.54) is 9.09 Å². The molecule has 0 atom stereocenters. The predicted molar refractivity (Wildman–Crippen MR) is 78.5 cm³/mol. The lowest BCUT2D eigenvalue weighted by Gasteiger charge is -2.06. The Morgan fingerprint density at radius 2 is 1.82 bits per heavy atom. The lowest BCUT2D eigenvalue weighted by Crippen LogP contribution is -1.96. The third-order valence-electron chi connectivity index (χ3n) is 2.80. The van der Waals surface area contributed by atoms with Gasteiger partial charge in [0.15, 0.2) is 0 Å². The van der Waals surface area contributed by atoms with Crippen LogP contribution < -0.4 is 0 Å². The van der Waals surface area contributed by atoms with Crippen LogP contribution in [-0.2, 0) is 0 Å². The molecule has 0 aliphatic rings. The number of fused-ring (bicyclic) bond motifs is 1. The van der Waals surface area contributed by atoms with Crippen LogP contribution in [0.5, 0.6) is 0 Å². The molecule has 84 valence electrons. The molecule has 0 unspecified atom stereocenters. The molecule has 2 aromatic carbocycles. The molecular weight excluding hydrogens is 323 g/mol. The van der Waals surface area contributed by atoms with Crippen molar-refractivity contribution < 1.29 is 0 Å². The van der Waals surface area contributed by atoms with Crippen molar-refractivity contribution in [1.82, 2.24) is 9.55 Å². The first kappa shape index (κ1) is 10.8. The molecule has 0 amide bonds. The molecule has 3 aromatic rings. The summed E-state index contributed by atoms with van der Waals surface area (Å²) in [5.41, 5.74) is 3.38. The van der Waals surface area contributed by atoms with E-state index in [0.29, 0.717) is 0 Å². The highest BCUT2D eigenvalue weighted by Gasteiger charge is 2.08. The standard InChI is InChI=1S/C14H11IN2/c1-10-16-13-8-7-11(15)9-14(13)17(10)12-5-3-2-4-6-12/h2-9H,1H3. The summed E-state index contributed by atoms with van der Waals surface area (Å²) >= 11 is 2.33. The van der Waals surface area contributed by atoms with E-state index >= 15 is 0 Å². The number of halogens is 1. The van der Waals surface area contributed by atoms with Crippen LogP contribution in [0.25, 0.3) is 16.7 Å². The molecule has 1 heterocycles. The van der Waals surface area contributed by atoms with Crippen molar-refractivity contribution in [2.45, 2.75) is 6.92 Å². The Kier molecular flexibility index (Phi) is 2.63. The van der Waals surface area contributed by atoms with E-state index in [2.05, 4.69) is 74.6 Å². The van der Waals surface area contributed by atoms with Crippen molar-refractivity contribution >= 4 is 33.6 Å². The maximum absolute atomic E-state index is 4.59. The van der Waals surface area contributed by atoms with Gasteiger partial charge in [-0.3, -0.25) is 4.57 Å². The Labute approximate surface area is 113 Å². The molecule has 0 aliphatic heterocycles. The average Bonchev–Trinajstić information content (AvgIpc) is 2.65. The maximum atomic E-state index is 4.59. The van der Waals surface area contributed by atoms with Crippen LogP contribution in [-0.4, -0.2) is 9.55 Å². The highest BCUT2D eigenvalue weighted by Crippen LogP contribution is 2.22. The van der Waals surface area contributed by atoms with E-state index in [-0.39, 0.29) is 0 Å². The summed E-state index contributed by atoms with van der Waals surface area (Å²) in [7, 11) is 0. The molecule has 0 fully saturated rings. The van der Waals surface area contributed by atoms with Gasteiger partial charge in [-0.15, -0.1) is 0 Å². The van der Waals surface area contributed by atoms with E-state index < -0.39 is 0 Å². The third-order valence-corrected chi connectivity index (χ3v) is 3.47. The zero-order valence-electron chi connectivity index (χ0n) is 9.39. The van der Waals surface area contributed by atoms with E-state index in [1.54, 1.807) is 0 Å². The van der Waals surface area contributed by atoms with Gasteiger partial charge < -0.3 is 0 Å². The molecule has 0 N–H and O–H groups in total. The molecule has 3 rings (SSSR count). The molecule has 17 heavy (non-hydrogen) atoms. The first-order valence-electron chi connectivity index (χ1n) is 5.46. The van der Waals surface area contributed by atoms with Crippen LogP contribution in [0.15, 0.2) is 48.5 Å². The number of para-hydroxylation sites is 1. The summed E-state index contributed by atoms with van der Waals surface area (Å²) in [6, 6.07) is 16.7. The SMILES string of the molecule is Cc1nc2ccc(I)cc2n1-c1ccccc1. The highest BCUT2D eigenvalue weighted by atomic mass is 127. The minimum absolute atomic E-state index is 1.02. The molecule has 0 radical (unpaired) electrons. The number of hydrogen-bond donors (Lipinski definition) is 0. The minimum atomic E-state index is 1.02. The Hall–Kier alpha value is -1.36. The zero-order chi connectivity index (χ0) is 11.8. The van der Waals surface area contributed by atoms with Crippen molar-refractivity contribution in [3.05, 3.63) is 57.9 Å². The van der Waals surface area contributed by atoms with Gasteiger partial charge in [-0.2, -0.15) is 0 Å². The monoisotopic (exact) mass is 334 g/mol. The van der Waals surface area contributed by atoms with Crippen LogP contribution in [0, 0.1) is 10.5 Å². The number of rotatable bonds is 1. The van der Waals surface area contributed by atoms with Crippen LogP contribution in [0.4, 0.5) is 0 Å². The van der Waals surface area contributed by atoms with Crippen LogP contribution in [0.3, 0.4) is 0 Å². The van der Waals surface area contributed by atoms with Crippen LogP contribution in [0.1, 0.15) is 5.82 Å². The fourth-order valence-corrected chi connectivity index (χ4v) is 2.55. The van der Waals surface area contributed by atoms with E-state index in [4.69, 9.17) is 0 Å². The van der Waals surface area contributed by atoms with E-state index in [0.717, 1.165) is 17.0 Å². The average molecular weight is 334 g/mol. The van der Waals surface area contributed by atoms with E-state index in [1.807, 2.05) is 13.0 Å². The molecular formula is C14H11IN2. The second-order valence-corrected chi connectivity index (χ2v) is 5.21. The number of benzene rings is 2. The quantitative estimate of drug-likeness (QED) is 0.617. The van der Waals surface area contributed by atoms with Crippen LogP contribution >= 0.6 is 22.6 Å². The molecule has 0 bridgehead atoms. The van der Waals surface area contributed by atoms with Crippen molar-refractivity contribution in [3.63, 3.8) is 0 Å². The summed E-state index contributed by atoms with van der Waals surface area (Å²) in [5, 5.41) is 0. The molecule has 3 heteroatoms. The molecule has 0 spiro atoms. The van der Waals surface area contributed by atoms with Gasteiger partial charge in [0.2, 0.25) is 0 Å².